The molecule has 182 valence electrons. The molecule has 2 aliphatic heterocycles. The maximum absolute atomic E-state index is 14.6. The van der Waals surface area contributed by atoms with E-state index < -0.39 is 16.6 Å². The molecule has 2 aliphatic rings. The molecule has 2 unspecified atom stereocenters. The van der Waals surface area contributed by atoms with Gasteiger partial charge in [-0.3, -0.25) is 4.79 Å². The van der Waals surface area contributed by atoms with E-state index in [-0.39, 0.29) is 27.1 Å². The number of Topliss-reactive ketones (excluding diaryl/α,β-unsaturated/α-hetero) is 1. The van der Waals surface area contributed by atoms with Gasteiger partial charge in [0.15, 0.2) is 5.78 Å². The van der Waals surface area contributed by atoms with Gasteiger partial charge >= 0.3 is 6.18 Å². The van der Waals surface area contributed by atoms with Crippen LogP contribution in [-0.2, 0) is 10.4 Å². The van der Waals surface area contributed by atoms with E-state index in [0.29, 0.717) is 34.2 Å². The number of carbonyl (C=O) groups is 1. The largest absolute Gasteiger partial charge is 0.436 e. The monoisotopic (exact) mass is 601 g/mol. The molecule has 3 aromatic rings. The number of ketones is 1. The van der Waals surface area contributed by atoms with E-state index >= 15 is 0 Å². The number of alkyl halides is 4. The number of halogens is 6. The third-order valence-corrected chi connectivity index (χ3v) is 9.21. The smallest absolute Gasteiger partial charge is 0.373 e. The Morgan fingerprint density at radius 2 is 1.74 bits per heavy atom. The van der Waals surface area contributed by atoms with Crippen LogP contribution < -0.4 is 0 Å². The molecule has 2 heterocycles. The highest BCUT2D eigenvalue weighted by atomic mass is 79.9. The van der Waals surface area contributed by atoms with Gasteiger partial charge in [-0.1, -0.05) is 80.7 Å². The van der Waals surface area contributed by atoms with Crippen LogP contribution in [0.2, 0.25) is 10.0 Å². The number of benzene rings is 3. The molecule has 2 atom stereocenters. The summed E-state index contributed by atoms with van der Waals surface area (Å²) in [5.74, 6) is 2.32. The molecule has 0 aromatic heterocycles. The van der Waals surface area contributed by atoms with E-state index in [9.17, 15) is 18.0 Å². The second kappa shape index (κ2) is 9.29. The number of nitrogens with zero attached hydrogens (tertiary/aromatic N) is 1. The Morgan fingerprint density at radius 1 is 1.09 bits per heavy atom. The zero-order valence-corrected chi connectivity index (χ0v) is 21.8. The highest BCUT2D eigenvalue weighted by Crippen LogP contribution is 2.52. The maximum atomic E-state index is 14.6. The third-order valence-electron chi connectivity index (χ3n) is 6.28. The maximum Gasteiger partial charge on any atom is 0.436 e. The first-order valence-corrected chi connectivity index (χ1v) is 13.5. The third kappa shape index (κ3) is 4.26. The SMILES string of the molecule is O=C(CC1CSC1)c1ccc(C2=NOC(c3cc(Cl)cc(Cl)c3)(C(F)(F)F)C2Br)c2ccccc12. The fraction of sp³-hybridized carbons (Fsp3) is 0.280. The fourth-order valence-electron chi connectivity index (χ4n) is 4.46. The van der Waals surface area contributed by atoms with Crippen molar-refractivity contribution in [2.75, 3.05) is 11.5 Å². The van der Waals surface area contributed by atoms with Gasteiger partial charge in [-0.05, 0) is 46.4 Å². The summed E-state index contributed by atoms with van der Waals surface area (Å²) in [6.07, 6.45) is -4.40. The summed E-state index contributed by atoms with van der Waals surface area (Å²) in [4.78, 5) is 16.8. The lowest BCUT2D eigenvalue weighted by Crippen LogP contribution is -2.50. The van der Waals surface area contributed by atoms with Gasteiger partial charge in [-0.15, -0.1) is 0 Å². The van der Waals surface area contributed by atoms with Crippen LogP contribution in [0.15, 0.2) is 59.8 Å². The predicted molar refractivity (Wildman–Crippen MR) is 138 cm³/mol. The lowest BCUT2D eigenvalue weighted by molar-refractivity contribution is -0.273. The number of fused-ring (bicyclic) bond motifs is 1. The number of rotatable bonds is 5. The van der Waals surface area contributed by atoms with E-state index in [1.807, 2.05) is 11.8 Å². The second-order valence-corrected chi connectivity index (χ2v) is 11.4. The number of oxime groups is 1. The Hall–Kier alpha value is -1.74. The van der Waals surface area contributed by atoms with Gasteiger partial charge in [0.25, 0.3) is 5.60 Å². The van der Waals surface area contributed by atoms with Crippen LogP contribution in [0.5, 0.6) is 0 Å². The molecular formula is C25H17BrCl2F3NO2S. The molecular weight excluding hydrogens is 586 g/mol. The number of hydrogen-bond acceptors (Lipinski definition) is 4. The molecule has 5 rings (SSSR count). The highest BCUT2D eigenvalue weighted by molar-refractivity contribution is 9.10. The normalized spacial score (nSPS) is 22.6. The molecule has 3 aromatic carbocycles. The summed E-state index contributed by atoms with van der Waals surface area (Å²) in [5, 5.41) is 5.30. The number of hydrogen-bond donors (Lipinski definition) is 0. The summed E-state index contributed by atoms with van der Waals surface area (Å²) in [6, 6.07) is 14.1. The Labute approximate surface area is 222 Å². The average molecular weight is 603 g/mol. The summed E-state index contributed by atoms with van der Waals surface area (Å²) in [7, 11) is 0. The second-order valence-electron chi connectivity index (χ2n) is 8.56. The molecule has 0 aliphatic carbocycles. The van der Waals surface area contributed by atoms with Gasteiger partial charge < -0.3 is 4.84 Å². The zero-order valence-electron chi connectivity index (χ0n) is 17.9. The van der Waals surface area contributed by atoms with Crippen molar-refractivity contribution in [1.29, 1.82) is 0 Å². The van der Waals surface area contributed by atoms with E-state index in [2.05, 4.69) is 21.1 Å². The molecule has 0 bridgehead atoms. The summed E-state index contributed by atoms with van der Waals surface area (Å²) >= 11 is 17.1. The molecule has 3 nitrogen and oxygen atoms in total. The average Bonchev–Trinajstić information content (AvgIpc) is 3.12. The van der Waals surface area contributed by atoms with Crippen LogP contribution >= 0.6 is 50.9 Å². The van der Waals surface area contributed by atoms with Crippen molar-refractivity contribution >= 4 is 73.2 Å². The minimum atomic E-state index is -4.85. The molecule has 0 saturated carbocycles. The van der Waals surface area contributed by atoms with Crippen LogP contribution in [-0.4, -0.2) is 34.0 Å². The van der Waals surface area contributed by atoms with Gasteiger partial charge in [0.1, 0.15) is 10.5 Å². The predicted octanol–water partition coefficient (Wildman–Crippen LogP) is 8.04. The minimum Gasteiger partial charge on any atom is -0.373 e. The fourth-order valence-corrected chi connectivity index (χ4v) is 6.73. The van der Waals surface area contributed by atoms with Gasteiger partial charge in [0.2, 0.25) is 0 Å². The van der Waals surface area contributed by atoms with Gasteiger partial charge in [-0.2, -0.15) is 24.9 Å². The van der Waals surface area contributed by atoms with Gasteiger partial charge in [0, 0.05) is 33.2 Å². The Morgan fingerprint density at radius 3 is 2.34 bits per heavy atom. The van der Waals surface area contributed by atoms with Crippen molar-refractivity contribution < 1.29 is 22.8 Å². The molecule has 0 spiro atoms. The van der Waals surface area contributed by atoms with Crippen molar-refractivity contribution in [2.45, 2.75) is 23.0 Å². The topological polar surface area (TPSA) is 38.7 Å². The molecule has 0 radical (unpaired) electrons. The van der Waals surface area contributed by atoms with Crippen molar-refractivity contribution in [3.05, 3.63) is 81.3 Å². The van der Waals surface area contributed by atoms with Crippen LogP contribution in [0.3, 0.4) is 0 Å². The van der Waals surface area contributed by atoms with Crippen molar-refractivity contribution in [3.8, 4) is 0 Å². The summed E-state index contributed by atoms with van der Waals surface area (Å²) in [6.45, 7) is 0. The van der Waals surface area contributed by atoms with Crippen molar-refractivity contribution in [3.63, 3.8) is 0 Å². The number of carbonyl (C=O) groups excluding carboxylic acids is 1. The molecule has 1 saturated heterocycles. The first-order chi connectivity index (χ1) is 16.6. The summed E-state index contributed by atoms with van der Waals surface area (Å²) in [5.41, 5.74) is -2.05. The van der Waals surface area contributed by atoms with Crippen molar-refractivity contribution in [1.82, 2.24) is 0 Å². The molecule has 0 N–H and O–H groups in total. The quantitative estimate of drug-likeness (QED) is 0.219. The molecule has 1 fully saturated rings. The van der Waals surface area contributed by atoms with Crippen LogP contribution in [0, 0.1) is 5.92 Å². The first-order valence-electron chi connectivity index (χ1n) is 10.7. The zero-order chi connectivity index (χ0) is 25.0. The Balaban J connectivity index is 1.59. The first kappa shape index (κ1) is 24.9. The standard InChI is InChI=1S/C25H17BrCl2F3NO2S/c26-23-22(32-34-24(23,25(29,30)31)14-8-15(27)10-16(28)9-14)20-6-5-19(17-3-1-2-4-18(17)20)21(33)7-13-11-35-12-13/h1-6,8-10,13,23H,7,11-12H2. The van der Waals surface area contributed by atoms with E-state index in [0.717, 1.165) is 11.5 Å². The van der Waals surface area contributed by atoms with Gasteiger partial charge in [-0.25, -0.2) is 0 Å². The minimum absolute atomic E-state index is 0.0243. The number of thioether (sulfide) groups is 1. The van der Waals surface area contributed by atoms with E-state index in [4.69, 9.17) is 28.0 Å². The Bertz CT molecular complexity index is 1340. The van der Waals surface area contributed by atoms with Gasteiger partial charge in [0.05, 0.1) is 0 Å². The highest BCUT2D eigenvalue weighted by Gasteiger charge is 2.67. The lowest BCUT2D eigenvalue weighted by Gasteiger charge is -2.33. The van der Waals surface area contributed by atoms with Crippen LogP contribution in [0.25, 0.3) is 10.8 Å². The van der Waals surface area contributed by atoms with Crippen LogP contribution in [0.4, 0.5) is 13.2 Å². The molecule has 35 heavy (non-hydrogen) atoms. The lowest BCUT2D eigenvalue weighted by atomic mass is 9.84. The molecule has 0 amide bonds. The molecule has 10 heteroatoms. The van der Waals surface area contributed by atoms with E-state index in [1.54, 1.807) is 36.4 Å². The Kier molecular flexibility index (Phi) is 6.62. The van der Waals surface area contributed by atoms with E-state index in [1.165, 1.54) is 18.2 Å². The summed E-state index contributed by atoms with van der Waals surface area (Å²) < 4.78 is 43.8. The van der Waals surface area contributed by atoms with Crippen molar-refractivity contribution in [2.24, 2.45) is 11.1 Å². The van der Waals surface area contributed by atoms with Crippen LogP contribution in [0.1, 0.15) is 27.9 Å².